The second kappa shape index (κ2) is 8.92. The molecule has 0 spiro atoms. The lowest BCUT2D eigenvalue weighted by molar-refractivity contribution is 0.573. The van der Waals surface area contributed by atoms with Crippen molar-refractivity contribution in [1.29, 1.82) is 0 Å². The van der Waals surface area contributed by atoms with Gasteiger partial charge in [-0.05, 0) is 19.2 Å². The molecule has 1 heterocycles. The van der Waals surface area contributed by atoms with Crippen LogP contribution in [0.5, 0.6) is 0 Å². The van der Waals surface area contributed by atoms with Crippen LogP contribution in [0.3, 0.4) is 0 Å². The Kier molecular flexibility index (Phi) is 7.86. The van der Waals surface area contributed by atoms with Gasteiger partial charge in [-0.15, -0.1) is 0 Å². The van der Waals surface area contributed by atoms with Crippen molar-refractivity contribution in [2.45, 2.75) is 64.7 Å². The summed E-state index contributed by atoms with van der Waals surface area (Å²) in [6, 6.07) is 0. The maximum Gasteiger partial charge on any atom is -0.0297 e. The summed E-state index contributed by atoms with van der Waals surface area (Å²) >= 11 is 0. The van der Waals surface area contributed by atoms with Crippen LogP contribution in [0.1, 0.15) is 64.7 Å². The van der Waals surface area contributed by atoms with E-state index >= 15 is 0 Å². The van der Waals surface area contributed by atoms with Gasteiger partial charge < -0.3 is 0 Å². The number of hydrogen-bond donors (Lipinski definition) is 0. The smallest absolute Gasteiger partial charge is 0.0297 e. The van der Waals surface area contributed by atoms with Crippen molar-refractivity contribution in [3.63, 3.8) is 0 Å². The third kappa shape index (κ3) is 7.04. The lowest BCUT2D eigenvalue weighted by Crippen LogP contribution is -1.90. The first-order chi connectivity index (χ1) is 8.27. The summed E-state index contributed by atoms with van der Waals surface area (Å²) in [5, 5.41) is 0. The molecule has 1 rings (SSSR count). The van der Waals surface area contributed by atoms with Gasteiger partial charge in [0, 0.05) is 0 Å². The minimum absolute atomic E-state index is 0.752. The predicted molar refractivity (Wildman–Crippen MR) is 83.2 cm³/mol. The molecule has 0 atom stereocenters. The Balaban J connectivity index is 1.85. The van der Waals surface area contributed by atoms with Crippen LogP contribution >= 0.6 is 7.26 Å². The zero-order valence-corrected chi connectivity index (χ0v) is 12.7. The van der Waals surface area contributed by atoms with Gasteiger partial charge in [0.15, 0.2) is 0 Å². The molecule has 99 valence electrons. The van der Waals surface area contributed by atoms with Gasteiger partial charge in [0.2, 0.25) is 0 Å². The van der Waals surface area contributed by atoms with Crippen LogP contribution in [0.2, 0.25) is 0 Å². The minimum atomic E-state index is -0.752. The second-order valence-corrected chi connectivity index (χ2v) is 9.32. The SMILES string of the molecule is CCCCCCCCCCC[P]1(C)C=CC=C1. The van der Waals surface area contributed by atoms with Crippen molar-refractivity contribution in [1.82, 2.24) is 0 Å². The van der Waals surface area contributed by atoms with E-state index in [4.69, 9.17) is 0 Å². The minimum Gasteiger partial charge on any atom is -0.0877 e. The first-order valence-electron chi connectivity index (χ1n) is 7.49. The standard InChI is InChI=1S/C16H30P/c1-3-4-5-6-7-8-9-10-11-14-17(2)15-12-13-16-17/h12-13,15-16H,3-11,14H2,1-2H3. The zero-order chi connectivity index (χ0) is 12.4. The second-order valence-electron chi connectivity index (χ2n) is 5.58. The molecule has 0 saturated heterocycles. The highest BCUT2D eigenvalue weighted by atomic mass is 31.2. The molecule has 0 saturated carbocycles. The summed E-state index contributed by atoms with van der Waals surface area (Å²) in [6.07, 6.45) is 18.9. The third-order valence-corrected chi connectivity index (χ3v) is 6.69. The summed E-state index contributed by atoms with van der Waals surface area (Å²) in [5.41, 5.74) is 0. The highest BCUT2D eigenvalue weighted by Crippen LogP contribution is 2.61. The quantitative estimate of drug-likeness (QED) is 0.321. The Bertz CT molecular complexity index is 228. The first-order valence-corrected chi connectivity index (χ1v) is 10.0. The number of allylic oxidation sites excluding steroid dienone is 2. The van der Waals surface area contributed by atoms with Crippen molar-refractivity contribution >= 4 is 7.26 Å². The summed E-state index contributed by atoms with van der Waals surface area (Å²) in [4.78, 5) is 0. The van der Waals surface area contributed by atoms with E-state index in [0.29, 0.717) is 0 Å². The van der Waals surface area contributed by atoms with Crippen molar-refractivity contribution in [3.8, 4) is 0 Å². The number of unbranched alkanes of at least 4 members (excludes halogenated alkanes) is 8. The topological polar surface area (TPSA) is 0 Å². The van der Waals surface area contributed by atoms with Crippen LogP contribution in [0.15, 0.2) is 23.8 Å². The van der Waals surface area contributed by atoms with Crippen LogP contribution in [-0.2, 0) is 0 Å². The molecule has 1 heteroatoms. The fourth-order valence-electron chi connectivity index (χ4n) is 2.45. The molecule has 0 nitrogen and oxygen atoms in total. The summed E-state index contributed by atoms with van der Waals surface area (Å²) in [7, 11) is -0.752. The lowest BCUT2D eigenvalue weighted by atomic mass is 10.1. The molecule has 0 amide bonds. The Hall–Kier alpha value is -0.0900. The molecule has 0 aliphatic carbocycles. The maximum atomic E-state index is 2.46. The number of hydrogen-bond acceptors (Lipinski definition) is 0. The largest absolute Gasteiger partial charge is 0.0877 e. The van der Waals surface area contributed by atoms with Crippen LogP contribution in [-0.4, -0.2) is 12.8 Å². The van der Waals surface area contributed by atoms with Gasteiger partial charge in [-0.3, -0.25) is 0 Å². The highest BCUT2D eigenvalue weighted by molar-refractivity contribution is 7.81. The van der Waals surface area contributed by atoms with Crippen LogP contribution in [0.4, 0.5) is 0 Å². The monoisotopic (exact) mass is 253 g/mol. The number of rotatable bonds is 10. The van der Waals surface area contributed by atoms with Gasteiger partial charge >= 0.3 is 0 Å². The predicted octanol–water partition coefficient (Wildman–Crippen LogP) is 6.21. The van der Waals surface area contributed by atoms with E-state index in [-0.39, 0.29) is 0 Å². The van der Waals surface area contributed by atoms with Crippen LogP contribution < -0.4 is 0 Å². The molecule has 0 unspecified atom stereocenters. The molecule has 0 aromatic rings. The molecule has 1 aliphatic rings. The third-order valence-electron chi connectivity index (χ3n) is 3.71. The van der Waals surface area contributed by atoms with Crippen LogP contribution in [0.25, 0.3) is 0 Å². The Labute approximate surface area is 109 Å². The molecule has 17 heavy (non-hydrogen) atoms. The van der Waals surface area contributed by atoms with E-state index < -0.39 is 7.26 Å². The molecule has 1 aliphatic heterocycles. The molecule has 1 radical (unpaired) electrons. The zero-order valence-electron chi connectivity index (χ0n) is 11.8. The van der Waals surface area contributed by atoms with E-state index in [1.807, 2.05) is 0 Å². The van der Waals surface area contributed by atoms with Crippen molar-refractivity contribution < 1.29 is 0 Å². The average Bonchev–Trinajstić information content (AvgIpc) is 2.74. The summed E-state index contributed by atoms with van der Waals surface area (Å²) in [5.74, 6) is 4.91. The molecular weight excluding hydrogens is 223 g/mol. The van der Waals surface area contributed by atoms with Crippen LogP contribution in [0, 0.1) is 0 Å². The van der Waals surface area contributed by atoms with Crippen molar-refractivity contribution in [2.75, 3.05) is 12.8 Å². The fraction of sp³-hybridized carbons (Fsp3) is 0.750. The van der Waals surface area contributed by atoms with E-state index in [9.17, 15) is 0 Å². The van der Waals surface area contributed by atoms with Crippen molar-refractivity contribution in [3.05, 3.63) is 23.8 Å². The van der Waals surface area contributed by atoms with E-state index in [1.165, 1.54) is 63.9 Å². The first kappa shape index (κ1) is 15.0. The normalized spacial score (nSPS) is 16.8. The Morgan fingerprint density at radius 1 is 0.706 bits per heavy atom. The average molecular weight is 253 g/mol. The van der Waals surface area contributed by atoms with Crippen molar-refractivity contribution in [2.24, 2.45) is 0 Å². The molecule has 0 fully saturated rings. The van der Waals surface area contributed by atoms with Gasteiger partial charge in [-0.1, -0.05) is 89.3 Å². The van der Waals surface area contributed by atoms with Gasteiger partial charge in [-0.25, -0.2) is 0 Å². The molecule has 0 aromatic heterocycles. The highest BCUT2D eigenvalue weighted by Gasteiger charge is 2.15. The summed E-state index contributed by atoms with van der Waals surface area (Å²) in [6.45, 7) is 4.74. The Morgan fingerprint density at radius 3 is 1.71 bits per heavy atom. The molecular formula is C16H30P. The molecule has 0 bridgehead atoms. The van der Waals surface area contributed by atoms with Gasteiger partial charge in [0.25, 0.3) is 0 Å². The fourth-order valence-corrected chi connectivity index (χ4v) is 4.74. The lowest BCUT2D eigenvalue weighted by Gasteiger charge is -2.21. The van der Waals surface area contributed by atoms with E-state index in [1.54, 1.807) is 0 Å². The van der Waals surface area contributed by atoms with Gasteiger partial charge in [0.1, 0.15) is 0 Å². The molecule has 0 aromatic carbocycles. The maximum absolute atomic E-state index is 2.46. The summed E-state index contributed by atoms with van der Waals surface area (Å²) < 4.78 is 0. The Morgan fingerprint density at radius 2 is 1.18 bits per heavy atom. The molecule has 0 N–H and O–H groups in total. The van der Waals surface area contributed by atoms with E-state index in [2.05, 4.69) is 37.4 Å². The van der Waals surface area contributed by atoms with Gasteiger partial charge in [0.05, 0.1) is 0 Å². The van der Waals surface area contributed by atoms with Gasteiger partial charge in [-0.2, -0.15) is 0 Å². The van der Waals surface area contributed by atoms with E-state index in [0.717, 1.165) is 0 Å².